The van der Waals surface area contributed by atoms with Crippen LogP contribution in [0.15, 0.2) is 24.0 Å². The average Bonchev–Trinajstić information content (AvgIpc) is 2.94. The lowest BCUT2D eigenvalue weighted by Gasteiger charge is -2.28. The highest BCUT2D eigenvalue weighted by Gasteiger charge is 2.45. The van der Waals surface area contributed by atoms with Gasteiger partial charge < -0.3 is 40.2 Å². The molecule has 11 nitrogen and oxygen atoms in total. The number of amides is 1. The fraction of sp³-hybridized carbons (Fsp3) is 0.562. The predicted octanol–water partition coefficient (Wildman–Crippen LogP) is -2.51. The molecule has 0 aromatic heterocycles. The molecular formula is C16H22N2O9. The number of aliphatic hydroxyl groups is 3. The second kappa shape index (κ2) is 8.95. The third kappa shape index (κ3) is 5.04. The summed E-state index contributed by atoms with van der Waals surface area (Å²) in [4.78, 5) is 35.4. The Hall–Kier alpha value is -2.47. The molecule has 0 aliphatic carbocycles. The maximum absolute atomic E-state index is 11.6. The van der Waals surface area contributed by atoms with Crippen molar-refractivity contribution in [3.63, 3.8) is 0 Å². The fourth-order valence-electron chi connectivity index (χ4n) is 2.62. The first kappa shape index (κ1) is 20.8. The first-order chi connectivity index (χ1) is 12.7. The number of hydrogen-bond donors (Lipinski definition) is 4. The minimum absolute atomic E-state index is 0.300. The molecule has 5 N–H and O–H groups in total. The zero-order valence-electron chi connectivity index (χ0n) is 14.6. The molecule has 1 unspecified atom stereocenters. The molecule has 1 amide bonds. The van der Waals surface area contributed by atoms with Crippen molar-refractivity contribution < 1.29 is 43.9 Å². The lowest BCUT2D eigenvalue weighted by atomic mass is 10.1. The summed E-state index contributed by atoms with van der Waals surface area (Å²) >= 11 is 0. The summed E-state index contributed by atoms with van der Waals surface area (Å²) < 4.78 is 14.7. The van der Waals surface area contributed by atoms with Gasteiger partial charge in [-0.3, -0.25) is 9.59 Å². The summed E-state index contributed by atoms with van der Waals surface area (Å²) in [5, 5.41) is 29.7. The monoisotopic (exact) mass is 386 g/mol. The van der Waals surface area contributed by atoms with Crippen LogP contribution in [-0.2, 0) is 28.6 Å². The van der Waals surface area contributed by atoms with Crippen LogP contribution in [0.5, 0.6) is 0 Å². The molecule has 2 heterocycles. The zero-order valence-corrected chi connectivity index (χ0v) is 14.6. The Morgan fingerprint density at radius 3 is 2.70 bits per heavy atom. The molecule has 2 rings (SSSR count). The first-order valence-corrected chi connectivity index (χ1v) is 8.12. The number of carbonyl (C=O) groups is 3. The van der Waals surface area contributed by atoms with E-state index in [9.17, 15) is 29.7 Å². The van der Waals surface area contributed by atoms with E-state index >= 15 is 0 Å². The Morgan fingerprint density at radius 1 is 1.37 bits per heavy atom. The summed E-state index contributed by atoms with van der Waals surface area (Å²) in [5.74, 6) is -2.50. The van der Waals surface area contributed by atoms with Crippen molar-refractivity contribution in [3.05, 3.63) is 24.0 Å². The third-order valence-electron chi connectivity index (χ3n) is 4.11. The second-order valence-corrected chi connectivity index (χ2v) is 6.03. The third-order valence-corrected chi connectivity index (χ3v) is 4.11. The Morgan fingerprint density at radius 2 is 2.07 bits per heavy atom. The Labute approximate surface area is 154 Å². The number of esters is 2. The smallest absolute Gasteiger partial charge is 0.335 e. The van der Waals surface area contributed by atoms with Gasteiger partial charge in [-0.05, 0) is 6.42 Å². The van der Waals surface area contributed by atoms with Crippen LogP contribution in [0.25, 0.3) is 0 Å². The summed E-state index contributed by atoms with van der Waals surface area (Å²) in [7, 11) is 1.06. The highest BCUT2D eigenvalue weighted by molar-refractivity contribution is 5.92. The first-order valence-electron chi connectivity index (χ1n) is 8.12. The van der Waals surface area contributed by atoms with Gasteiger partial charge in [0.1, 0.15) is 24.9 Å². The van der Waals surface area contributed by atoms with Crippen LogP contribution in [0.1, 0.15) is 12.8 Å². The molecule has 11 heteroatoms. The lowest BCUT2D eigenvalue weighted by Crippen LogP contribution is -2.40. The van der Waals surface area contributed by atoms with Crippen LogP contribution in [0.4, 0.5) is 0 Å². The fourth-order valence-corrected chi connectivity index (χ4v) is 2.62. The number of ether oxygens (including phenoxy) is 3. The Kier molecular flexibility index (Phi) is 6.91. The SMILES string of the molecule is COC(=O)[C@@H](O)CC(=O)OCC1O[C@@H](N2C=CCC(C(N)=O)=C2)[C@H](O)[C@@H]1O. The van der Waals surface area contributed by atoms with Gasteiger partial charge in [0.2, 0.25) is 5.91 Å². The molecule has 0 aromatic rings. The minimum Gasteiger partial charge on any atom is -0.467 e. The van der Waals surface area contributed by atoms with Crippen molar-refractivity contribution in [2.45, 2.75) is 43.5 Å². The van der Waals surface area contributed by atoms with E-state index in [1.807, 2.05) is 0 Å². The van der Waals surface area contributed by atoms with E-state index in [1.54, 1.807) is 12.3 Å². The van der Waals surface area contributed by atoms with Crippen LogP contribution in [0.2, 0.25) is 0 Å². The average molecular weight is 386 g/mol. The topological polar surface area (TPSA) is 169 Å². The normalized spacial score (nSPS) is 28.4. The van der Waals surface area contributed by atoms with E-state index in [0.717, 1.165) is 7.11 Å². The number of rotatable bonds is 7. The number of methoxy groups -OCH3 is 1. The number of primary amides is 1. The number of carbonyl (C=O) groups excluding carboxylic acids is 3. The summed E-state index contributed by atoms with van der Waals surface area (Å²) in [6, 6.07) is 0. The number of aliphatic hydroxyl groups excluding tert-OH is 3. The quantitative estimate of drug-likeness (QED) is 0.343. The van der Waals surface area contributed by atoms with E-state index in [0.29, 0.717) is 12.0 Å². The standard InChI is InChI=1S/C16H22N2O9/c1-25-16(24)9(19)5-11(20)26-7-10-12(21)13(22)15(27-10)18-4-2-3-8(6-18)14(17)23/h2,4,6,9-10,12-13,15,19,21-22H,3,5,7H2,1H3,(H2,17,23)/t9-,10?,12+,13+,15+/m0/s1. The van der Waals surface area contributed by atoms with Gasteiger partial charge in [0.15, 0.2) is 12.3 Å². The number of nitrogens with zero attached hydrogens (tertiary/aromatic N) is 1. The molecule has 1 fully saturated rings. The minimum atomic E-state index is -1.66. The summed E-state index contributed by atoms with van der Waals surface area (Å²) in [5.41, 5.74) is 5.54. The van der Waals surface area contributed by atoms with E-state index in [4.69, 9.17) is 15.2 Å². The molecule has 0 radical (unpaired) electrons. The summed E-state index contributed by atoms with van der Waals surface area (Å²) in [6.45, 7) is -0.411. The molecule has 2 aliphatic rings. The van der Waals surface area contributed by atoms with Crippen molar-refractivity contribution in [2.75, 3.05) is 13.7 Å². The van der Waals surface area contributed by atoms with E-state index in [1.165, 1.54) is 11.1 Å². The zero-order chi connectivity index (χ0) is 20.1. The van der Waals surface area contributed by atoms with Gasteiger partial charge in [-0.15, -0.1) is 0 Å². The van der Waals surface area contributed by atoms with Gasteiger partial charge in [0.05, 0.1) is 13.5 Å². The molecule has 150 valence electrons. The molecular weight excluding hydrogens is 364 g/mol. The van der Waals surface area contributed by atoms with Crippen LogP contribution >= 0.6 is 0 Å². The van der Waals surface area contributed by atoms with E-state index in [2.05, 4.69) is 4.74 Å². The van der Waals surface area contributed by atoms with Crippen molar-refractivity contribution in [3.8, 4) is 0 Å². The maximum atomic E-state index is 11.6. The van der Waals surface area contributed by atoms with Gasteiger partial charge in [-0.2, -0.15) is 0 Å². The summed E-state index contributed by atoms with van der Waals surface area (Å²) in [6.07, 6.45) is -2.12. The van der Waals surface area contributed by atoms with Gasteiger partial charge in [-0.1, -0.05) is 6.08 Å². The van der Waals surface area contributed by atoms with Crippen LogP contribution in [0, 0.1) is 0 Å². The highest BCUT2D eigenvalue weighted by Crippen LogP contribution is 2.27. The van der Waals surface area contributed by atoms with Crippen molar-refractivity contribution in [1.29, 1.82) is 0 Å². The molecule has 0 saturated carbocycles. The number of nitrogens with two attached hydrogens (primary N) is 1. The predicted molar refractivity (Wildman–Crippen MR) is 87.1 cm³/mol. The van der Waals surface area contributed by atoms with Crippen molar-refractivity contribution in [1.82, 2.24) is 4.90 Å². The van der Waals surface area contributed by atoms with Crippen LogP contribution < -0.4 is 5.73 Å². The van der Waals surface area contributed by atoms with Gasteiger partial charge >= 0.3 is 11.9 Å². The van der Waals surface area contributed by atoms with Gasteiger partial charge in [0, 0.05) is 18.0 Å². The molecule has 27 heavy (non-hydrogen) atoms. The molecule has 0 bridgehead atoms. The Bertz CT molecular complexity index is 648. The van der Waals surface area contributed by atoms with Crippen LogP contribution in [0.3, 0.4) is 0 Å². The van der Waals surface area contributed by atoms with Crippen LogP contribution in [-0.4, -0.2) is 82.4 Å². The largest absolute Gasteiger partial charge is 0.467 e. The molecule has 2 aliphatic heterocycles. The molecule has 5 atom stereocenters. The number of hydrogen-bond acceptors (Lipinski definition) is 10. The van der Waals surface area contributed by atoms with Crippen molar-refractivity contribution >= 4 is 17.8 Å². The number of allylic oxidation sites excluding steroid dienone is 1. The second-order valence-electron chi connectivity index (χ2n) is 6.03. The highest BCUT2D eigenvalue weighted by atomic mass is 16.6. The Balaban J connectivity index is 1.92. The maximum Gasteiger partial charge on any atom is 0.335 e. The lowest BCUT2D eigenvalue weighted by molar-refractivity contribution is -0.160. The molecule has 0 aromatic carbocycles. The van der Waals surface area contributed by atoms with Gasteiger partial charge in [0.25, 0.3) is 0 Å². The van der Waals surface area contributed by atoms with E-state index in [-0.39, 0.29) is 0 Å². The van der Waals surface area contributed by atoms with E-state index < -0.39 is 61.5 Å². The van der Waals surface area contributed by atoms with Crippen molar-refractivity contribution in [2.24, 2.45) is 5.73 Å². The molecule has 1 saturated heterocycles. The van der Waals surface area contributed by atoms with Gasteiger partial charge in [-0.25, -0.2) is 4.79 Å². The molecule has 0 spiro atoms.